The van der Waals surface area contributed by atoms with Crippen molar-refractivity contribution >= 4 is 11.5 Å². The molecule has 0 saturated carbocycles. The molecule has 0 bridgehead atoms. The molecule has 5 heteroatoms. The summed E-state index contributed by atoms with van der Waals surface area (Å²) in [5, 5.41) is 7.06. The van der Waals surface area contributed by atoms with Gasteiger partial charge in [0.1, 0.15) is 17.3 Å². The second kappa shape index (κ2) is 5.89. The SMILES string of the molecule is CN(C)c1ccc(-c2nc3n(c2NC(C)(C)C)CCNC3)cc1. The highest BCUT2D eigenvalue weighted by Gasteiger charge is 2.23. The minimum Gasteiger partial charge on any atom is -0.378 e. The molecule has 5 nitrogen and oxygen atoms in total. The Morgan fingerprint density at radius 1 is 1.17 bits per heavy atom. The summed E-state index contributed by atoms with van der Waals surface area (Å²) < 4.78 is 2.32. The third-order valence-corrected chi connectivity index (χ3v) is 3.99. The van der Waals surface area contributed by atoms with Crippen LogP contribution in [0.2, 0.25) is 0 Å². The molecule has 1 aromatic carbocycles. The van der Waals surface area contributed by atoms with E-state index in [9.17, 15) is 0 Å². The van der Waals surface area contributed by atoms with E-state index in [2.05, 4.69) is 79.2 Å². The normalized spacial score (nSPS) is 14.5. The highest BCUT2D eigenvalue weighted by atomic mass is 15.2. The molecule has 124 valence electrons. The summed E-state index contributed by atoms with van der Waals surface area (Å²) in [6.45, 7) is 9.33. The lowest BCUT2D eigenvalue weighted by Crippen LogP contribution is -2.32. The monoisotopic (exact) mass is 313 g/mol. The molecule has 0 amide bonds. The van der Waals surface area contributed by atoms with Gasteiger partial charge in [-0.2, -0.15) is 0 Å². The molecule has 0 fully saturated rings. The van der Waals surface area contributed by atoms with E-state index < -0.39 is 0 Å². The second-order valence-corrected chi connectivity index (χ2v) is 7.37. The van der Waals surface area contributed by atoms with Gasteiger partial charge in [-0.05, 0) is 32.9 Å². The fraction of sp³-hybridized carbons (Fsp3) is 0.500. The molecule has 0 unspecified atom stereocenters. The maximum Gasteiger partial charge on any atom is 0.134 e. The first-order valence-corrected chi connectivity index (χ1v) is 8.21. The van der Waals surface area contributed by atoms with E-state index in [1.807, 2.05) is 0 Å². The summed E-state index contributed by atoms with van der Waals surface area (Å²) >= 11 is 0. The Morgan fingerprint density at radius 3 is 2.48 bits per heavy atom. The van der Waals surface area contributed by atoms with Gasteiger partial charge in [-0.15, -0.1) is 0 Å². The van der Waals surface area contributed by atoms with Gasteiger partial charge in [0.05, 0.1) is 6.54 Å². The van der Waals surface area contributed by atoms with Gasteiger partial charge in [-0.1, -0.05) is 12.1 Å². The molecule has 1 aromatic heterocycles. The molecule has 0 atom stereocenters. The van der Waals surface area contributed by atoms with Crippen LogP contribution in [0.3, 0.4) is 0 Å². The summed E-state index contributed by atoms with van der Waals surface area (Å²) in [4.78, 5) is 7.02. The third kappa shape index (κ3) is 3.34. The molecule has 0 saturated heterocycles. The zero-order valence-electron chi connectivity index (χ0n) is 14.8. The van der Waals surface area contributed by atoms with Crippen molar-refractivity contribution in [3.8, 4) is 11.3 Å². The van der Waals surface area contributed by atoms with Gasteiger partial charge < -0.3 is 20.1 Å². The summed E-state index contributed by atoms with van der Waals surface area (Å²) in [6.07, 6.45) is 0. The van der Waals surface area contributed by atoms with E-state index in [0.29, 0.717) is 0 Å². The Labute approximate surface area is 138 Å². The van der Waals surface area contributed by atoms with Crippen molar-refractivity contribution in [3.05, 3.63) is 30.1 Å². The number of imidazole rings is 1. The Hall–Kier alpha value is -2.01. The van der Waals surface area contributed by atoms with Crippen LogP contribution in [-0.4, -0.2) is 35.7 Å². The van der Waals surface area contributed by atoms with E-state index in [1.165, 1.54) is 5.69 Å². The van der Waals surface area contributed by atoms with Crippen LogP contribution in [0.4, 0.5) is 11.5 Å². The number of nitrogens with one attached hydrogen (secondary N) is 2. The maximum atomic E-state index is 4.90. The van der Waals surface area contributed by atoms with Gasteiger partial charge in [-0.3, -0.25) is 0 Å². The van der Waals surface area contributed by atoms with Crippen LogP contribution >= 0.6 is 0 Å². The minimum absolute atomic E-state index is 0.00000602. The van der Waals surface area contributed by atoms with E-state index >= 15 is 0 Å². The molecule has 23 heavy (non-hydrogen) atoms. The average molecular weight is 313 g/mol. The van der Waals surface area contributed by atoms with Crippen molar-refractivity contribution in [2.24, 2.45) is 0 Å². The smallest absolute Gasteiger partial charge is 0.134 e. The molecule has 1 aliphatic rings. The molecule has 0 aliphatic carbocycles. The average Bonchev–Trinajstić information content (AvgIpc) is 2.84. The lowest BCUT2D eigenvalue weighted by atomic mass is 10.1. The van der Waals surface area contributed by atoms with Crippen LogP contribution < -0.4 is 15.5 Å². The van der Waals surface area contributed by atoms with Crippen molar-refractivity contribution in [1.29, 1.82) is 0 Å². The minimum atomic E-state index is 0.00000602. The van der Waals surface area contributed by atoms with E-state index in [4.69, 9.17) is 4.98 Å². The van der Waals surface area contributed by atoms with E-state index in [-0.39, 0.29) is 5.54 Å². The summed E-state index contributed by atoms with van der Waals surface area (Å²) in [6, 6.07) is 8.61. The van der Waals surface area contributed by atoms with E-state index in [1.54, 1.807) is 0 Å². The number of rotatable bonds is 3. The molecule has 0 spiro atoms. The number of fused-ring (bicyclic) bond motifs is 1. The number of aromatic nitrogens is 2. The Kier molecular flexibility index (Phi) is 4.06. The second-order valence-electron chi connectivity index (χ2n) is 7.37. The van der Waals surface area contributed by atoms with Crippen LogP contribution in [0.25, 0.3) is 11.3 Å². The van der Waals surface area contributed by atoms with Gasteiger partial charge in [0.2, 0.25) is 0 Å². The van der Waals surface area contributed by atoms with E-state index in [0.717, 1.165) is 42.5 Å². The van der Waals surface area contributed by atoms with Gasteiger partial charge in [0, 0.05) is 44.0 Å². The van der Waals surface area contributed by atoms with Gasteiger partial charge >= 0.3 is 0 Å². The van der Waals surface area contributed by atoms with Crippen LogP contribution in [0.1, 0.15) is 26.6 Å². The number of hydrogen-bond acceptors (Lipinski definition) is 4. The Balaban J connectivity index is 2.05. The molecule has 3 rings (SSSR count). The van der Waals surface area contributed by atoms with Crippen LogP contribution in [0.15, 0.2) is 24.3 Å². The third-order valence-electron chi connectivity index (χ3n) is 3.99. The molecule has 2 aromatic rings. The Morgan fingerprint density at radius 2 is 1.87 bits per heavy atom. The summed E-state index contributed by atoms with van der Waals surface area (Å²) in [5.74, 6) is 2.24. The van der Waals surface area contributed by atoms with Crippen molar-refractivity contribution in [2.75, 3.05) is 30.9 Å². The van der Waals surface area contributed by atoms with Crippen LogP contribution in [0, 0.1) is 0 Å². The van der Waals surface area contributed by atoms with Gasteiger partial charge in [0.25, 0.3) is 0 Å². The van der Waals surface area contributed by atoms with Crippen molar-refractivity contribution < 1.29 is 0 Å². The number of nitrogens with zero attached hydrogens (tertiary/aromatic N) is 3. The standard InChI is InChI=1S/C18H27N5/c1-18(2,3)21-17-16(20-15-12-19-10-11-23(15)17)13-6-8-14(9-7-13)22(4)5/h6-9,19,21H,10-12H2,1-5H3. The lowest BCUT2D eigenvalue weighted by molar-refractivity contribution is 0.502. The van der Waals surface area contributed by atoms with Crippen molar-refractivity contribution in [2.45, 2.75) is 39.4 Å². The highest BCUT2D eigenvalue weighted by molar-refractivity contribution is 5.74. The van der Waals surface area contributed by atoms with Gasteiger partial charge in [-0.25, -0.2) is 4.98 Å². The molecule has 2 heterocycles. The zero-order chi connectivity index (χ0) is 16.6. The molecule has 0 radical (unpaired) electrons. The van der Waals surface area contributed by atoms with Crippen molar-refractivity contribution in [3.63, 3.8) is 0 Å². The molecule has 2 N–H and O–H groups in total. The number of hydrogen-bond donors (Lipinski definition) is 2. The topological polar surface area (TPSA) is 45.1 Å². The molecule has 1 aliphatic heterocycles. The predicted octanol–water partition coefficient (Wildman–Crippen LogP) is 2.93. The van der Waals surface area contributed by atoms with Crippen LogP contribution in [0.5, 0.6) is 0 Å². The Bertz CT molecular complexity index is 677. The summed E-state index contributed by atoms with van der Waals surface area (Å²) in [7, 11) is 4.12. The highest BCUT2D eigenvalue weighted by Crippen LogP contribution is 2.32. The first-order chi connectivity index (χ1) is 10.8. The summed E-state index contributed by atoms with van der Waals surface area (Å²) in [5.41, 5.74) is 3.40. The molecular weight excluding hydrogens is 286 g/mol. The molecular formula is C18H27N5. The number of anilines is 2. The maximum absolute atomic E-state index is 4.90. The zero-order valence-corrected chi connectivity index (χ0v) is 14.8. The lowest BCUT2D eigenvalue weighted by Gasteiger charge is -2.26. The predicted molar refractivity (Wildman–Crippen MR) is 97.1 cm³/mol. The van der Waals surface area contributed by atoms with Gasteiger partial charge in [0.15, 0.2) is 0 Å². The quantitative estimate of drug-likeness (QED) is 0.914. The fourth-order valence-corrected chi connectivity index (χ4v) is 2.87. The number of benzene rings is 1. The van der Waals surface area contributed by atoms with Crippen molar-refractivity contribution in [1.82, 2.24) is 14.9 Å². The van der Waals surface area contributed by atoms with Crippen LogP contribution in [-0.2, 0) is 13.1 Å². The first kappa shape index (κ1) is 15.9. The first-order valence-electron chi connectivity index (χ1n) is 8.21. The fourth-order valence-electron chi connectivity index (χ4n) is 2.87. The largest absolute Gasteiger partial charge is 0.378 e.